The molecule has 0 aliphatic heterocycles. The topological polar surface area (TPSA) is 63.2 Å². The molecule has 0 bridgehead atoms. The van der Waals surface area contributed by atoms with Crippen LogP contribution < -0.4 is 10.2 Å². The largest absolute Gasteiger partial charge is 1.00 e. The van der Waals surface area contributed by atoms with Crippen molar-refractivity contribution in [3.05, 3.63) is 0 Å². The summed E-state index contributed by atoms with van der Waals surface area (Å²) >= 11 is 0. The fraction of sp³-hybridized carbons (Fsp3) is 0. The molecule has 0 aromatic carbocycles. The Kier molecular flexibility index (Phi) is 9.05. The monoisotopic (exact) mass is 284 g/mol. The zero-order valence-electron chi connectivity index (χ0n) is 3.72. The maximum absolute atomic E-state index is 8.33. The molecule has 0 N–H and O–H groups in total. The summed E-state index contributed by atoms with van der Waals surface area (Å²) in [5.74, 6) is 0. The minimum atomic E-state index is -2.33. The zero-order chi connectivity index (χ0) is 3.58. The summed E-state index contributed by atoms with van der Waals surface area (Å²) in [6, 6.07) is 0. The van der Waals surface area contributed by atoms with Crippen molar-refractivity contribution in [2.45, 2.75) is 0 Å². The van der Waals surface area contributed by atoms with Gasteiger partial charge in [-0.25, -0.2) is 0 Å². The van der Waals surface area contributed by atoms with E-state index in [1.807, 2.05) is 0 Å². The summed E-state index contributed by atoms with van der Waals surface area (Å²) in [6.45, 7) is 0. The van der Waals surface area contributed by atoms with Crippen LogP contribution in [0, 0.1) is 49.9 Å². The molecule has 0 heterocycles. The zero-order valence-corrected chi connectivity index (χ0v) is 10.9. The molecule has 3 nitrogen and oxygen atoms in total. The molecule has 0 unspecified atom stereocenters. The Labute approximate surface area is 71.5 Å². The third kappa shape index (κ3) is 53.2. The van der Waals surface area contributed by atoms with Gasteiger partial charge in [0.15, 0.2) is 0 Å². The SMILES string of the molecule is O=C([O-])[O-].[Fr+].[H+]. The average Bonchev–Trinajstić information content (AvgIpc) is 0.811. The Morgan fingerprint density at radius 1 is 1.60 bits per heavy atom. The van der Waals surface area contributed by atoms with Crippen molar-refractivity contribution in [2.24, 2.45) is 0 Å². The van der Waals surface area contributed by atoms with Gasteiger partial charge >= 0.3 is 51.3 Å². The Bertz CT molecular complexity index is 33.8. The van der Waals surface area contributed by atoms with Crippen LogP contribution in [0.25, 0.3) is 0 Å². The standard InChI is InChI=1S/CH2O3.Fr/c2-1(3)4;/h(H2,2,3,4);/q;+1/p-1. The van der Waals surface area contributed by atoms with Crippen LogP contribution in [0.5, 0.6) is 0 Å². The minimum Gasteiger partial charge on any atom is -0.652 e. The van der Waals surface area contributed by atoms with E-state index in [0.29, 0.717) is 0 Å². The summed E-state index contributed by atoms with van der Waals surface area (Å²) in [5, 5.41) is 16.7. The van der Waals surface area contributed by atoms with Crippen molar-refractivity contribution in [3.63, 3.8) is 0 Å². The van der Waals surface area contributed by atoms with Crippen LogP contribution in [0.1, 0.15) is 1.43 Å². The predicted octanol–water partition coefficient (Wildman–Crippen LogP) is -2.33. The predicted molar refractivity (Wildman–Crippen MR) is 6.51 cm³/mol. The Morgan fingerprint density at radius 2 is 1.60 bits per heavy atom. The van der Waals surface area contributed by atoms with Crippen LogP contribution >= 0.6 is 0 Å². The fourth-order valence-electron chi connectivity index (χ4n) is 0. The molecule has 0 saturated carbocycles. The maximum atomic E-state index is 8.33. The van der Waals surface area contributed by atoms with Crippen LogP contribution in [0.2, 0.25) is 0 Å². The number of hydrogen-bond donors (Lipinski definition) is 0. The van der Waals surface area contributed by atoms with E-state index < -0.39 is 6.16 Å². The molecule has 0 saturated heterocycles. The number of carbonyl (C=O) groups is 1. The second-order valence-electron chi connectivity index (χ2n) is 0.250. The van der Waals surface area contributed by atoms with E-state index in [9.17, 15) is 0 Å². The van der Waals surface area contributed by atoms with Crippen molar-refractivity contribution in [1.29, 1.82) is 0 Å². The second kappa shape index (κ2) is 4.87. The van der Waals surface area contributed by atoms with Gasteiger partial charge in [-0.15, -0.1) is 0 Å². The van der Waals surface area contributed by atoms with E-state index in [-0.39, 0.29) is 51.3 Å². The van der Waals surface area contributed by atoms with Crippen LogP contribution in [0.4, 0.5) is 4.79 Å². The maximum Gasteiger partial charge on any atom is 1.00 e. The van der Waals surface area contributed by atoms with E-state index >= 15 is 0 Å². The first kappa shape index (κ1) is 9.29. The second-order valence-corrected chi connectivity index (χ2v) is 0.250. The number of carboxylic acid groups (broad SMARTS) is 2. The third-order valence-corrected chi connectivity index (χ3v) is 0. The van der Waals surface area contributed by atoms with Gasteiger partial charge in [0, 0.05) is 0 Å². The van der Waals surface area contributed by atoms with Crippen LogP contribution in [-0.2, 0) is 0 Å². The molecular weight excluding hydrogens is 283 g/mol. The van der Waals surface area contributed by atoms with Gasteiger partial charge in [-0.05, 0) is 6.16 Å². The van der Waals surface area contributed by atoms with Gasteiger partial charge in [0.25, 0.3) is 0 Å². The minimum absolute atomic E-state index is 0. The molecule has 0 aliphatic rings. The van der Waals surface area contributed by atoms with Crippen molar-refractivity contribution >= 4 is 6.16 Å². The summed E-state index contributed by atoms with van der Waals surface area (Å²) < 4.78 is 0. The van der Waals surface area contributed by atoms with Gasteiger partial charge in [-0.3, -0.25) is 0 Å². The third-order valence-electron chi connectivity index (χ3n) is 0. The van der Waals surface area contributed by atoms with Crippen molar-refractivity contribution < 1.29 is 66.3 Å². The molecule has 0 aromatic rings. The van der Waals surface area contributed by atoms with E-state index in [4.69, 9.17) is 15.0 Å². The van der Waals surface area contributed by atoms with Gasteiger partial charge in [-0.2, -0.15) is 0 Å². The van der Waals surface area contributed by atoms with Crippen molar-refractivity contribution in [2.75, 3.05) is 0 Å². The molecule has 0 amide bonds. The average molecular weight is 284 g/mol. The quantitative estimate of drug-likeness (QED) is 0.501. The first-order chi connectivity index (χ1) is 1.73. The van der Waals surface area contributed by atoms with Gasteiger partial charge in [0.2, 0.25) is 0 Å². The van der Waals surface area contributed by atoms with Crippen LogP contribution in [-0.4, -0.2) is 6.16 Å². The first-order valence-corrected chi connectivity index (χ1v) is 0.612. The number of rotatable bonds is 0. The Morgan fingerprint density at radius 3 is 1.60 bits per heavy atom. The number of carbonyl (C=O) groups excluding carboxylic acids is 1. The van der Waals surface area contributed by atoms with Crippen molar-refractivity contribution in [3.8, 4) is 0 Å². The smallest absolute Gasteiger partial charge is 0.652 e. The molecule has 0 aliphatic carbocycles. The van der Waals surface area contributed by atoms with E-state index in [0.717, 1.165) is 0 Å². The Balaban J connectivity index is -0.0000000450. The van der Waals surface area contributed by atoms with E-state index in [1.165, 1.54) is 0 Å². The van der Waals surface area contributed by atoms with E-state index in [1.54, 1.807) is 0 Å². The van der Waals surface area contributed by atoms with Gasteiger partial charge < -0.3 is 15.0 Å². The molecule has 0 atom stereocenters. The molecule has 0 aromatic heterocycles. The van der Waals surface area contributed by atoms with Gasteiger partial charge in [0.05, 0.1) is 0 Å². The van der Waals surface area contributed by atoms with Crippen molar-refractivity contribution in [1.82, 2.24) is 0 Å². The summed E-state index contributed by atoms with van der Waals surface area (Å²) in [5.41, 5.74) is 0. The van der Waals surface area contributed by atoms with Gasteiger partial charge in [-0.1, -0.05) is 0 Å². The fourth-order valence-corrected chi connectivity index (χ4v) is 0. The van der Waals surface area contributed by atoms with Crippen LogP contribution in [0.15, 0.2) is 0 Å². The first-order valence-electron chi connectivity index (χ1n) is 0.612. The van der Waals surface area contributed by atoms with Crippen LogP contribution in [0.3, 0.4) is 0 Å². The molecule has 0 rings (SSSR count). The molecule has 4 heteroatoms. The normalized spacial score (nSPS) is 4.80. The van der Waals surface area contributed by atoms with E-state index in [2.05, 4.69) is 0 Å². The summed E-state index contributed by atoms with van der Waals surface area (Å²) in [4.78, 5) is 8.33. The molecule has 5 heavy (non-hydrogen) atoms. The molecule has 0 fully saturated rings. The van der Waals surface area contributed by atoms with Gasteiger partial charge in [0.1, 0.15) is 0 Å². The Hall–Kier alpha value is 0.867. The summed E-state index contributed by atoms with van der Waals surface area (Å²) in [7, 11) is 0. The molecule has 24 valence electrons. The summed E-state index contributed by atoms with van der Waals surface area (Å²) in [6.07, 6.45) is -2.33. The number of hydrogen-bond acceptors (Lipinski definition) is 3. The molecule has 0 radical (unpaired) electrons. The molecular formula is CHFrO3. The molecule has 0 spiro atoms.